The van der Waals surface area contributed by atoms with Gasteiger partial charge in [-0.1, -0.05) is 29.8 Å². The van der Waals surface area contributed by atoms with Gasteiger partial charge in [0.25, 0.3) is 5.91 Å². The summed E-state index contributed by atoms with van der Waals surface area (Å²) in [6.07, 6.45) is 0. The normalized spacial score (nSPS) is 14.2. The van der Waals surface area contributed by atoms with Gasteiger partial charge in [0.15, 0.2) is 11.5 Å². The number of amides is 1. The van der Waals surface area contributed by atoms with Crippen molar-refractivity contribution in [2.24, 2.45) is 0 Å². The van der Waals surface area contributed by atoms with Crippen LogP contribution in [0.1, 0.15) is 15.9 Å². The van der Waals surface area contributed by atoms with E-state index in [0.29, 0.717) is 55.0 Å². The van der Waals surface area contributed by atoms with Crippen LogP contribution in [0.3, 0.4) is 0 Å². The summed E-state index contributed by atoms with van der Waals surface area (Å²) in [5, 5.41) is 0.653. The molecular weight excluding hydrogens is 342 g/mol. The zero-order valence-electron chi connectivity index (χ0n) is 14.0. The Labute approximate surface area is 152 Å². The van der Waals surface area contributed by atoms with Crippen molar-refractivity contribution in [1.82, 2.24) is 4.90 Å². The van der Waals surface area contributed by atoms with Gasteiger partial charge in [-0.2, -0.15) is 0 Å². The van der Waals surface area contributed by atoms with E-state index in [1.165, 1.54) is 0 Å². The molecule has 25 heavy (non-hydrogen) atoms. The van der Waals surface area contributed by atoms with Gasteiger partial charge in [0.05, 0.1) is 20.3 Å². The topological polar surface area (TPSA) is 48.0 Å². The molecule has 0 atom stereocenters. The lowest BCUT2D eigenvalue weighted by atomic mass is 10.1. The molecule has 2 aromatic carbocycles. The highest BCUT2D eigenvalue weighted by Gasteiger charge is 2.20. The zero-order valence-corrected chi connectivity index (χ0v) is 14.8. The van der Waals surface area contributed by atoms with Crippen molar-refractivity contribution in [2.75, 3.05) is 33.4 Å². The smallest absolute Gasteiger partial charge is 0.254 e. The summed E-state index contributed by atoms with van der Waals surface area (Å²) >= 11 is 6.15. The Bertz CT molecular complexity index is 744. The molecule has 6 heteroatoms. The standard InChI is InChI=1S/C19H20ClNO4/c1-23-18-12-14(19(22)21-8-10-24-11-9-21)6-7-17(18)25-13-15-4-2-3-5-16(15)20/h2-7,12H,8-11,13H2,1H3. The van der Waals surface area contributed by atoms with Crippen LogP contribution in [0.4, 0.5) is 0 Å². The monoisotopic (exact) mass is 361 g/mol. The Balaban J connectivity index is 1.73. The molecule has 2 aromatic rings. The molecule has 1 saturated heterocycles. The summed E-state index contributed by atoms with van der Waals surface area (Å²) < 4.78 is 16.5. The van der Waals surface area contributed by atoms with E-state index in [9.17, 15) is 4.79 Å². The van der Waals surface area contributed by atoms with Crippen molar-refractivity contribution in [3.05, 3.63) is 58.6 Å². The number of hydrogen-bond acceptors (Lipinski definition) is 4. The Kier molecular flexibility index (Phi) is 5.79. The maximum absolute atomic E-state index is 12.6. The number of hydrogen-bond donors (Lipinski definition) is 0. The Morgan fingerprint density at radius 3 is 2.64 bits per heavy atom. The van der Waals surface area contributed by atoms with E-state index in [0.717, 1.165) is 5.56 Å². The number of carbonyl (C=O) groups is 1. The third kappa shape index (κ3) is 4.24. The lowest BCUT2D eigenvalue weighted by molar-refractivity contribution is 0.0302. The summed E-state index contributed by atoms with van der Waals surface area (Å²) in [4.78, 5) is 14.3. The highest BCUT2D eigenvalue weighted by molar-refractivity contribution is 6.31. The maximum Gasteiger partial charge on any atom is 0.254 e. The fraction of sp³-hybridized carbons (Fsp3) is 0.316. The average molecular weight is 362 g/mol. The molecule has 0 aliphatic carbocycles. The van der Waals surface area contributed by atoms with Crippen LogP contribution in [-0.2, 0) is 11.3 Å². The van der Waals surface area contributed by atoms with Crippen molar-refractivity contribution in [3.63, 3.8) is 0 Å². The zero-order chi connectivity index (χ0) is 17.6. The number of halogens is 1. The van der Waals surface area contributed by atoms with Gasteiger partial charge >= 0.3 is 0 Å². The van der Waals surface area contributed by atoms with Crippen LogP contribution in [0.25, 0.3) is 0 Å². The Morgan fingerprint density at radius 2 is 1.92 bits per heavy atom. The molecule has 0 N–H and O–H groups in total. The van der Waals surface area contributed by atoms with Crippen molar-refractivity contribution < 1.29 is 19.0 Å². The van der Waals surface area contributed by atoms with Crippen LogP contribution in [0.15, 0.2) is 42.5 Å². The molecule has 5 nitrogen and oxygen atoms in total. The first kappa shape index (κ1) is 17.6. The average Bonchev–Trinajstić information content (AvgIpc) is 2.67. The first-order valence-corrected chi connectivity index (χ1v) is 8.48. The molecule has 1 amide bonds. The predicted octanol–water partition coefficient (Wildman–Crippen LogP) is 3.40. The molecule has 0 aromatic heterocycles. The van der Waals surface area contributed by atoms with E-state index in [4.69, 9.17) is 25.8 Å². The van der Waals surface area contributed by atoms with E-state index < -0.39 is 0 Å². The van der Waals surface area contributed by atoms with Crippen LogP contribution >= 0.6 is 11.6 Å². The number of carbonyl (C=O) groups excluding carboxylic acids is 1. The van der Waals surface area contributed by atoms with Gasteiger partial charge in [-0.15, -0.1) is 0 Å². The maximum atomic E-state index is 12.6. The first-order chi connectivity index (χ1) is 12.2. The van der Waals surface area contributed by atoms with Crippen LogP contribution < -0.4 is 9.47 Å². The van der Waals surface area contributed by atoms with Gasteiger partial charge < -0.3 is 19.1 Å². The Hall–Kier alpha value is -2.24. The predicted molar refractivity (Wildman–Crippen MR) is 95.5 cm³/mol. The van der Waals surface area contributed by atoms with Gasteiger partial charge in [-0.3, -0.25) is 4.79 Å². The van der Waals surface area contributed by atoms with Crippen LogP contribution in [0.2, 0.25) is 5.02 Å². The second kappa shape index (κ2) is 8.23. The van der Waals surface area contributed by atoms with Gasteiger partial charge in [0.1, 0.15) is 6.61 Å². The number of rotatable bonds is 5. The van der Waals surface area contributed by atoms with E-state index >= 15 is 0 Å². The van der Waals surface area contributed by atoms with Crippen molar-refractivity contribution in [2.45, 2.75) is 6.61 Å². The fourth-order valence-corrected chi connectivity index (χ4v) is 2.83. The van der Waals surface area contributed by atoms with Crippen molar-refractivity contribution in [3.8, 4) is 11.5 Å². The van der Waals surface area contributed by atoms with Crippen LogP contribution in [0, 0.1) is 0 Å². The quantitative estimate of drug-likeness (QED) is 0.819. The summed E-state index contributed by atoms with van der Waals surface area (Å²) in [6.45, 7) is 2.68. The number of methoxy groups -OCH3 is 1. The molecule has 1 aliphatic heterocycles. The number of nitrogens with zero attached hydrogens (tertiary/aromatic N) is 1. The molecule has 0 bridgehead atoms. The minimum atomic E-state index is -0.0285. The van der Waals surface area contributed by atoms with E-state index in [-0.39, 0.29) is 5.91 Å². The number of morpholine rings is 1. The van der Waals surface area contributed by atoms with Crippen molar-refractivity contribution >= 4 is 17.5 Å². The second-order valence-electron chi connectivity index (χ2n) is 5.65. The summed E-state index contributed by atoms with van der Waals surface area (Å²) in [5.74, 6) is 1.06. The van der Waals surface area contributed by atoms with Crippen LogP contribution in [-0.4, -0.2) is 44.2 Å². The number of ether oxygens (including phenoxy) is 3. The van der Waals surface area contributed by atoms with Gasteiger partial charge in [0, 0.05) is 29.2 Å². The molecular formula is C19H20ClNO4. The molecule has 1 heterocycles. The fourth-order valence-electron chi connectivity index (χ4n) is 2.64. The van der Waals surface area contributed by atoms with E-state index in [1.54, 1.807) is 30.2 Å². The third-order valence-electron chi connectivity index (χ3n) is 4.05. The molecule has 0 spiro atoms. The Morgan fingerprint density at radius 1 is 1.16 bits per heavy atom. The largest absolute Gasteiger partial charge is 0.493 e. The highest BCUT2D eigenvalue weighted by atomic mass is 35.5. The van der Waals surface area contributed by atoms with E-state index in [2.05, 4.69) is 0 Å². The summed E-state index contributed by atoms with van der Waals surface area (Å²) in [6, 6.07) is 12.7. The second-order valence-corrected chi connectivity index (χ2v) is 6.06. The van der Waals surface area contributed by atoms with Gasteiger partial charge in [0.2, 0.25) is 0 Å². The lowest BCUT2D eigenvalue weighted by Gasteiger charge is -2.27. The molecule has 132 valence electrons. The minimum absolute atomic E-state index is 0.0285. The molecule has 0 saturated carbocycles. The lowest BCUT2D eigenvalue weighted by Crippen LogP contribution is -2.40. The summed E-state index contributed by atoms with van der Waals surface area (Å²) in [7, 11) is 1.56. The van der Waals surface area contributed by atoms with Gasteiger partial charge in [-0.25, -0.2) is 0 Å². The van der Waals surface area contributed by atoms with Gasteiger partial charge in [-0.05, 0) is 24.3 Å². The summed E-state index contributed by atoms with van der Waals surface area (Å²) in [5.41, 5.74) is 1.46. The third-order valence-corrected chi connectivity index (χ3v) is 4.42. The minimum Gasteiger partial charge on any atom is -0.493 e. The van der Waals surface area contributed by atoms with Crippen LogP contribution in [0.5, 0.6) is 11.5 Å². The molecule has 0 unspecified atom stereocenters. The number of benzene rings is 2. The first-order valence-electron chi connectivity index (χ1n) is 8.10. The van der Waals surface area contributed by atoms with Crippen molar-refractivity contribution in [1.29, 1.82) is 0 Å². The van der Waals surface area contributed by atoms with E-state index in [1.807, 2.05) is 24.3 Å². The molecule has 1 aliphatic rings. The highest BCUT2D eigenvalue weighted by Crippen LogP contribution is 2.30. The SMILES string of the molecule is COc1cc(C(=O)N2CCOCC2)ccc1OCc1ccccc1Cl. The molecule has 0 radical (unpaired) electrons. The molecule has 3 rings (SSSR count). The molecule has 1 fully saturated rings.